The quantitative estimate of drug-likeness (QED) is 0.712. The van der Waals surface area contributed by atoms with Crippen LogP contribution in [0, 0.1) is 0 Å². The third-order valence-corrected chi connectivity index (χ3v) is 2.36. The normalized spacial score (nSPS) is 9.06. The predicted octanol–water partition coefficient (Wildman–Crippen LogP) is 4.31. The lowest BCUT2D eigenvalue weighted by molar-refractivity contribution is 0.498. The van der Waals surface area contributed by atoms with Gasteiger partial charge >= 0.3 is 5.63 Å². The molecule has 0 N–H and O–H groups in total. The highest BCUT2D eigenvalue weighted by atomic mass is 79.9. The smallest absolute Gasteiger partial charge is 0.338 e. The maximum Gasteiger partial charge on any atom is 0.338 e. The van der Waals surface area contributed by atoms with Crippen LogP contribution in [0.1, 0.15) is 44.6 Å². The van der Waals surface area contributed by atoms with Gasteiger partial charge in [-0.25, -0.2) is 4.79 Å². The molecule has 1 aromatic rings. The first-order valence-corrected chi connectivity index (χ1v) is 5.41. The van der Waals surface area contributed by atoms with E-state index in [9.17, 15) is 4.79 Å². The van der Waals surface area contributed by atoms with Crippen molar-refractivity contribution in [3.05, 3.63) is 34.4 Å². The van der Waals surface area contributed by atoms with Gasteiger partial charge in [-0.2, -0.15) is 0 Å². The summed E-state index contributed by atoms with van der Waals surface area (Å²) in [4.78, 5) is 11.2. The van der Waals surface area contributed by atoms with Crippen molar-refractivity contribution in [1.82, 2.24) is 0 Å². The molecule has 1 heterocycles. The van der Waals surface area contributed by atoms with E-state index in [1.807, 2.05) is 6.07 Å². The topological polar surface area (TPSA) is 30.2 Å². The van der Waals surface area contributed by atoms with Crippen LogP contribution in [-0.2, 0) is 6.42 Å². The summed E-state index contributed by atoms with van der Waals surface area (Å²) in [6, 6.07) is 3.63. The van der Waals surface area contributed by atoms with E-state index in [0.717, 1.165) is 18.4 Å². The van der Waals surface area contributed by atoms with Gasteiger partial charge in [0.25, 0.3) is 0 Å². The van der Waals surface area contributed by atoms with Gasteiger partial charge in [-0.1, -0.05) is 32.6 Å². The summed E-state index contributed by atoms with van der Waals surface area (Å²) in [6.07, 6.45) is 8.41. The highest BCUT2D eigenvalue weighted by Gasteiger charge is 1.98. The molecule has 94 valence electrons. The fourth-order valence-corrected chi connectivity index (χ4v) is 1.50. The SMILES string of the molecule is Br.Br.CCCCCCCc1cccoc1=O. The second kappa shape index (κ2) is 11.4. The van der Waals surface area contributed by atoms with E-state index in [-0.39, 0.29) is 39.6 Å². The highest BCUT2D eigenvalue weighted by Crippen LogP contribution is 2.05. The molecular formula is C12H20Br2O2. The van der Waals surface area contributed by atoms with Crippen molar-refractivity contribution >= 4 is 34.0 Å². The van der Waals surface area contributed by atoms with Gasteiger partial charge in [0.15, 0.2) is 0 Å². The summed E-state index contributed by atoms with van der Waals surface area (Å²) in [6.45, 7) is 2.20. The molecule has 0 spiro atoms. The van der Waals surface area contributed by atoms with E-state index >= 15 is 0 Å². The standard InChI is InChI=1S/C12H18O2.2BrH/c1-2-3-4-5-6-8-11-9-7-10-14-12(11)13;;/h7,9-10H,2-6,8H2,1H3;2*1H. The number of hydrogen-bond donors (Lipinski definition) is 0. The Hall–Kier alpha value is -0.0900. The molecule has 0 radical (unpaired) electrons. The summed E-state index contributed by atoms with van der Waals surface area (Å²) in [7, 11) is 0. The lowest BCUT2D eigenvalue weighted by atomic mass is 10.1. The van der Waals surface area contributed by atoms with Gasteiger partial charge in [0.05, 0.1) is 6.26 Å². The summed E-state index contributed by atoms with van der Waals surface area (Å²) in [5, 5.41) is 0. The zero-order valence-corrected chi connectivity index (χ0v) is 13.0. The van der Waals surface area contributed by atoms with Gasteiger partial charge in [0.2, 0.25) is 0 Å². The summed E-state index contributed by atoms with van der Waals surface area (Å²) < 4.78 is 4.78. The van der Waals surface area contributed by atoms with E-state index in [4.69, 9.17) is 4.42 Å². The third-order valence-electron chi connectivity index (χ3n) is 2.36. The molecule has 1 aromatic heterocycles. The highest BCUT2D eigenvalue weighted by molar-refractivity contribution is 8.93. The zero-order valence-electron chi connectivity index (χ0n) is 9.61. The van der Waals surface area contributed by atoms with Crippen LogP contribution in [0.5, 0.6) is 0 Å². The van der Waals surface area contributed by atoms with E-state index in [0.29, 0.717) is 0 Å². The minimum Gasteiger partial charge on any atom is -0.431 e. The molecule has 0 fully saturated rings. The second-order valence-electron chi connectivity index (χ2n) is 3.59. The van der Waals surface area contributed by atoms with Crippen LogP contribution in [0.25, 0.3) is 0 Å². The van der Waals surface area contributed by atoms with Crippen molar-refractivity contribution < 1.29 is 4.42 Å². The Morgan fingerprint density at radius 1 is 1.12 bits per heavy atom. The molecule has 0 unspecified atom stereocenters. The third kappa shape index (κ3) is 7.23. The average Bonchev–Trinajstić information content (AvgIpc) is 2.20. The minimum absolute atomic E-state index is 0. The molecule has 1 rings (SSSR count). The number of unbranched alkanes of at least 4 members (excludes halogenated alkanes) is 4. The largest absolute Gasteiger partial charge is 0.431 e. The van der Waals surface area contributed by atoms with Gasteiger partial charge in [-0.15, -0.1) is 34.0 Å². The van der Waals surface area contributed by atoms with Crippen LogP contribution < -0.4 is 5.63 Å². The van der Waals surface area contributed by atoms with E-state index in [1.54, 1.807) is 6.07 Å². The molecular weight excluding hydrogens is 336 g/mol. The molecule has 16 heavy (non-hydrogen) atoms. The van der Waals surface area contributed by atoms with E-state index in [1.165, 1.54) is 31.9 Å². The Morgan fingerprint density at radius 2 is 1.81 bits per heavy atom. The Kier molecular flexibility index (Phi) is 13.0. The molecule has 0 aromatic carbocycles. The van der Waals surface area contributed by atoms with Crippen LogP contribution >= 0.6 is 34.0 Å². The van der Waals surface area contributed by atoms with E-state index < -0.39 is 0 Å². The van der Waals surface area contributed by atoms with Crippen molar-refractivity contribution in [3.63, 3.8) is 0 Å². The molecule has 0 aliphatic carbocycles. The summed E-state index contributed by atoms with van der Waals surface area (Å²) in [5.41, 5.74) is 0.631. The fourth-order valence-electron chi connectivity index (χ4n) is 1.50. The minimum atomic E-state index is -0.178. The second-order valence-corrected chi connectivity index (χ2v) is 3.59. The monoisotopic (exact) mass is 354 g/mol. The van der Waals surface area contributed by atoms with Crippen LogP contribution in [0.15, 0.2) is 27.6 Å². The Labute approximate surface area is 118 Å². The van der Waals surface area contributed by atoms with Crippen LogP contribution in [0.2, 0.25) is 0 Å². The van der Waals surface area contributed by atoms with Gasteiger partial charge in [-0.05, 0) is 25.0 Å². The molecule has 4 heteroatoms. The van der Waals surface area contributed by atoms with E-state index in [2.05, 4.69) is 6.92 Å². The number of hydrogen-bond acceptors (Lipinski definition) is 2. The van der Waals surface area contributed by atoms with Gasteiger partial charge in [0, 0.05) is 5.56 Å². The number of halogens is 2. The molecule has 0 aliphatic heterocycles. The first kappa shape index (κ1) is 18.3. The van der Waals surface area contributed by atoms with Gasteiger partial charge in [-0.3, -0.25) is 0 Å². The van der Waals surface area contributed by atoms with Crippen LogP contribution in [0.3, 0.4) is 0 Å². The first-order valence-electron chi connectivity index (χ1n) is 5.41. The van der Waals surface area contributed by atoms with Crippen LogP contribution in [0.4, 0.5) is 0 Å². The predicted molar refractivity (Wildman–Crippen MR) is 78.1 cm³/mol. The van der Waals surface area contributed by atoms with Crippen LogP contribution in [-0.4, -0.2) is 0 Å². The molecule has 0 saturated heterocycles. The summed E-state index contributed by atoms with van der Waals surface area (Å²) >= 11 is 0. The number of aryl methyl sites for hydroxylation is 1. The van der Waals surface area contributed by atoms with Crippen molar-refractivity contribution in [2.24, 2.45) is 0 Å². The average molecular weight is 356 g/mol. The zero-order chi connectivity index (χ0) is 10.2. The van der Waals surface area contributed by atoms with Crippen molar-refractivity contribution in [1.29, 1.82) is 0 Å². The lowest BCUT2D eigenvalue weighted by Gasteiger charge is -1.99. The van der Waals surface area contributed by atoms with Crippen molar-refractivity contribution in [2.45, 2.75) is 45.4 Å². The molecule has 0 saturated carbocycles. The number of rotatable bonds is 6. The molecule has 0 bridgehead atoms. The Balaban J connectivity index is 0. The first-order chi connectivity index (χ1) is 6.84. The van der Waals surface area contributed by atoms with Gasteiger partial charge in [0.1, 0.15) is 0 Å². The van der Waals surface area contributed by atoms with Crippen molar-refractivity contribution in [2.75, 3.05) is 0 Å². The maximum atomic E-state index is 11.2. The fraction of sp³-hybridized carbons (Fsp3) is 0.583. The van der Waals surface area contributed by atoms with Crippen molar-refractivity contribution in [3.8, 4) is 0 Å². The molecule has 0 aliphatic rings. The molecule has 2 nitrogen and oxygen atoms in total. The van der Waals surface area contributed by atoms with Gasteiger partial charge < -0.3 is 4.42 Å². The Morgan fingerprint density at radius 3 is 2.44 bits per heavy atom. The lowest BCUT2D eigenvalue weighted by Crippen LogP contribution is -2.05. The molecule has 0 amide bonds. The molecule has 0 atom stereocenters. The Bertz CT molecular complexity index is 310. The maximum absolute atomic E-state index is 11.2. The summed E-state index contributed by atoms with van der Waals surface area (Å²) in [5.74, 6) is 0.